The fourth-order valence-corrected chi connectivity index (χ4v) is 5.83. The number of hydrogen-bond donors (Lipinski definition) is 4. The lowest BCUT2D eigenvalue weighted by atomic mass is 9.99. The van der Waals surface area contributed by atoms with E-state index in [0.29, 0.717) is 0 Å². The zero-order chi connectivity index (χ0) is 26.8. The SMILES string of the molecule is C[C@@]1(O)[C@H](O)C(OP2(=O)OCC[C@@H](c3ccccc3C(F)(F)F)O2)O[C@H]1n1ccc2c(=O)[nH]c(N)nc21. The van der Waals surface area contributed by atoms with E-state index in [1.165, 1.54) is 42.0 Å². The summed E-state index contributed by atoms with van der Waals surface area (Å²) in [7, 11) is -4.58. The third kappa shape index (κ3) is 4.56. The molecule has 1 aromatic carbocycles. The van der Waals surface area contributed by atoms with Gasteiger partial charge in [0, 0.05) is 12.6 Å². The second-order valence-corrected chi connectivity index (χ2v) is 10.4. The number of alkyl halides is 3. The van der Waals surface area contributed by atoms with Crippen LogP contribution in [0.4, 0.5) is 19.1 Å². The van der Waals surface area contributed by atoms with Crippen LogP contribution in [0.2, 0.25) is 0 Å². The number of anilines is 1. The van der Waals surface area contributed by atoms with Crippen molar-refractivity contribution in [2.24, 2.45) is 0 Å². The zero-order valence-corrected chi connectivity index (χ0v) is 20.0. The zero-order valence-electron chi connectivity index (χ0n) is 19.1. The van der Waals surface area contributed by atoms with Gasteiger partial charge in [-0.15, -0.1) is 0 Å². The first-order valence-electron chi connectivity index (χ1n) is 11.0. The highest BCUT2D eigenvalue weighted by atomic mass is 31.2. The fraction of sp³-hybridized carbons (Fsp3) is 0.429. The average Bonchev–Trinajstić information content (AvgIpc) is 3.32. The van der Waals surface area contributed by atoms with Crippen molar-refractivity contribution in [2.75, 3.05) is 12.3 Å². The van der Waals surface area contributed by atoms with Crippen LogP contribution in [0, 0.1) is 0 Å². The summed E-state index contributed by atoms with van der Waals surface area (Å²) in [6.45, 7) is 0.930. The molecule has 0 amide bonds. The number of nitrogens with one attached hydrogen (secondary N) is 1. The molecular weight excluding hydrogens is 524 g/mol. The molecule has 2 aliphatic rings. The largest absolute Gasteiger partial charge is 0.477 e. The number of halogens is 3. The number of nitrogens with zero attached hydrogens (tertiary/aromatic N) is 2. The van der Waals surface area contributed by atoms with E-state index in [1.54, 1.807) is 0 Å². The van der Waals surface area contributed by atoms with E-state index >= 15 is 0 Å². The van der Waals surface area contributed by atoms with Crippen LogP contribution in [0.1, 0.15) is 36.8 Å². The van der Waals surface area contributed by atoms with Gasteiger partial charge in [0.05, 0.1) is 23.7 Å². The molecule has 4 heterocycles. The number of ether oxygens (including phenoxy) is 1. The molecule has 0 radical (unpaired) electrons. The van der Waals surface area contributed by atoms with E-state index in [4.69, 9.17) is 24.0 Å². The molecular formula is C21H22F3N4O8P. The van der Waals surface area contributed by atoms with Gasteiger partial charge in [-0.1, -0.05) is 18.2 Å². The molecule has 12 nitrogen and oxygen atoms in total. The van der Waals surface area contributed by atoms with Gasteiger partial charge in [0.15, 0.2) is 11.9 Å². The van der Waals surface area contributed by atoms with Crippen LogP contribution >= 0.6 is 7.82 Å². The number of nitrogen functional groups attached to an aromatic ring is 1. The van der Waals surface area contributed by atoms with Gasteiger partial charge >= 0.3 is 14.0 Å². The van der Waals surface area contributed by atoms with Crippen molar-refractivity contribution in [1.29, 1.82) is 0 Å². The van der Waals surface area contributed by atoms with Gasteiger partial charge in [-0.05, 0) is 24.6 Å². The number of hydrogen-bond acceptors (Lipinski definition) is 10. The minimum Gasteiger partial charge on any atom is -0.385 e. The lowest BCUT2D eigenvalue weighted by Gasteiger charge is -2.32. The average molecular weight is 546 g/mol. The Morgan fingerprint density at radius 3 is 2.78 bits per heavy atom. The number of rotatable bonds is 4. The van der Waals surface area contributed by atoms with Gasteiger partial charge in [-0.3, -0.25) is 23.3 Å². The van der Waals surface area contributed by atoms with Gasteiger partial charge < -0.3 is 25.3 Å². The normalized spacial score (nSPS) is 32.7. The molecule has 0 bridgehead atoms. The van der Waals surface area contributed by atoms with Crippen molar-refractivity contribution in [1.82, 2.24) is 14.5 Å². The number of nitrogens with two attached hydrogens (primary N) is 1. The van der Waals surface area contributed by atoms with Gasteiger partial charge in [0.1, 0.15) is 11.7 Å². The maximum absolute atomic E-state index is 13.5. The monoisotopic (exact) mass is 546 g/mol. The molecule has 3 aromatic rings. The van der Waals surface area contributed by atoms with Crippen LogP contribution in [0.15, 0.2) is 41.3 Å². The summed E-state index contributed by atoms with van der Waals surface area (Å²) >= 11 is 0. The molecule has 200 valence electrons. The first-order valence-corrected chi connectivity index (χ1v) is 12.5. The number of aromatic amines is 1. The molecule has 2 unspecified atom stereocenters. The number of aromatic nitrogens is 3. The molecule has 2 aromatic heterocycles. The lowest BCUT2D eigenvalue weighted by molar-refractivity contribution is -0.147. The molecule has 0 aliphatic carbocycles. The Morgan fingerprint density at radius 2 is 2.05 bits per heavy atom. The summed E-state index contributed by atoms with van der Waals surface area (Å²) in [6.07, 6.45) is -9.68. The van der Waals surface area contributed by atoms with Crippen molar-refractivity contribution >= 4 is 24.8 Å². The molecule has 2 saturated heterocycles. The van der Waals surface area contributed by atoms with E-state index < -0.39 is 55.4 Å². The summed E-state index contributed by atoms with van der Waals surface area (Å²) in [4.78, 5) is 18.5. The molecule has 37 heavy (non-hydrogen) atoms. The number of fused-ring (bicyclic) bond motifs is 1. The molecule has 2 aliphatic heterocycles. The molecule has 16 heteroatoms. The van der Waals surface area contributed by atoms with E-state index in [2.05, 4.69) is 9.97 Å². The van der Waals surface area contributed by atoms with Crippen molar-refractivity contribution in [3.05, 3.63) is 58.0 Å². The van der Waals surface area contributed by atoms with Crippen molar-refractivity contribution in [2.45, 2.75) is 49.8 Å². The second-order valence-electron chi connectivity index (χ2n) is 8.79. The number of phosphoric acid groups is 1. The third-order valence-corrected chi connectivity index (χ3v) is 7.68. The van der Waals surface area contributed by atoms with E-state index in [9.17, 15) is 32.7 Å². The van der Waals surface area contributed by atoms with Gasteiger partial charge in [0.25, 0.3) is 5.56 Å². The Labute approximate surface area is 206 Å². The number of aliphatic hydroxyl groups is 2. The second kappa shape index (κ2) is 8.91. The fourth-order valence-electron chi connectivity index (χ4n) is 4.38. The predicted octanol–water partition coefficient (Wildman–Crippen LogP) is 2.60. The first kappa shape index (κ1) is 25.9. The number of phosphoric ester groups is 1. The quantitative estimate of drug-likeness (QED) is 0.357. The molecule has 0 saturated carbocycles. The predicted molar refractivity (Wildman–Crippen MR) is 120 cm³/mol. The van der Waals surface area contributed by atoms with Crippen molar-refractivity contribution in [3.8, 4) is 0 Å². The number of H-pyrrole nitrogens is 1. The van der Waals surface area contributed by atoms with Crippen LogP contribution < -0.4 is 11.3 Å². The topological polar surface area (TPSA) is 171 Å². The summed E-state index contributed by atoms with van der Waals surface area (Å²) in [6, 6.07) is 6.06. The number of benzene rings is 1. The van der Waals surface area contributed by atoms with E-state index in [-0.39, 0.29) is 35.6 Å². The van der Waals surface area contributed by atoms with Crippen LogP contribution in [-0.4, -0.2) is 49.4 Å². The minimum absolute atomic E-state index is 0.0278. The standard InChI is InChI=1S/C21H22F3N4O8P/c1-20(31)14(29)17(34-18(20)28-8-6-11-15(28)26-19(25)27-16(11)30)36-37(32)33-9-7-13(35-37)10-4-2-3-5-12(10)21(22,23)24/h2-6,8,13-14,17-18,29,31H,7,9H2,1H3,(H3,25,26,27,30)/t13-,14+,17?,18+,20+,37?/m0/s1. The van der Waals surface area contributed by atoms with Crippen LogP contribution in [0.5, 0.6) is 0 Å². The highest BCUT2D eigenvalue weighted by Crippen LogP contribution is 2.60. The van der Waals surface area contributed by atoms with Gasteiger partial charge in [-0.2, -0.15) is 18.2 Å². The summed E-state index contributed by atoms with van der Waals surface area (Å²) in [5, 5.41) is 21.9. The molecule has 2 fully saturated rings. The molecule has 0 spiro atoms. The Morgan fingerprint density at radius 1 is 1.32 bits per heavy atom. The molecule has 5 N–H and O–H groups in total. The summed E-state index contributed by atoms with van der Waals surface area (Å²) in [5.74, 6) is -0.206. The van der Waals surface area contributed by atoms with Crippen molar-refractivity contribution < 1.29 is 46.3 Å². The highest BCUT2D eigenvalue weighted by molar-refractivity contribution is 7.48. The maximum atomic E-state index is 13.5. The van der Waals surface area contributed by atoms with Crippen LogP contribution in [-0.2, 0) is 29.0 Å². The Bertz CT molecular complexity index is 1440. The van der Waals surface area contributed by atoms with E-state index in [0.717, 1.165) is 6.07 Å². The van der Waals surface area contributed by atoms with E-state index in [1.807, 2.05) is 0 Å². The van der Waals surface area contributed by atoms with Crippen LogP contribution in [0.3, 0.4) is 0 Å². The van der Waals surface area contributed by atoms with Gasteiger partial charge in [0.2, 0.25) is 12.2 Å². The third-order valence-electron chi connectivity index (χ3n) is 6.20. The van der Waals surface area contributed by atoms with Crippen molar-refractivity contribution in [3.63, 3.8) is 0 Å². The maximum Gasteiger partial charge on any atom is 0.477 e. The molecule has 6 atom stereocenters. The number of aliphatic hydroxyl groups excluding tert-OH is 1. The Kier molecular flexibility index (Phi) is 6.22. The van der Waals surface area contributed by atoms with Crippen LogP contribution in [0.25, 0.3) is 11.0 Å². The Hall–Kier alpha value is -2.78. The Balaban J connectivity index is 1.41. The lowest BCUT2D eigenvalue weighted by Crippen LogP contribution is -2.44. The first-order chi connectivity index (χ1) is 17.3. The minimum atomic E-state index is -4.68. The summed E-state index contributed by atoms with van der Waals surface area (Å²) in [5.41, 5.74) is 1.80. The smallest absolute Gasteiger partial charge is 0.385 e. The summed E-state index contributed by atoms with van der Waals surface area (Å²) < 4.78 is 76.4. The highest BCUT2D eigenvalue weighted by Gasteiger charge is 2.57. The van der Waals surface area contributed by atoms with Gasteiger partial charge in [-0.25, -0.2) is 4.57 Å². The molecule has 5 rings (SSSR count).